The number of carbonyl (C=O) groups is 1. The first kappa shape index (κ1) is 11.7. The maximum Gasteiger partial charge on any atom is 0.307 e. The van der Waals surface area contributed by atoms with Gasteiger partial charge in [-0.2, -0.15) is 0 Å². The lowest BCUT2D eigenvalue weighted by atomic mass is 10.3. The molecule has 0 saturated heterocycles. The Kier molecular flexibility index (Phi) is 4.83. The van der Waals surface area contributed by atoms with Crippen molar-refractivity contribution in [3.63, 3.8) is 0 Å². The minimum Gasteiger partial charge on any atom is -0.466 e. The van der Waals surface area contributed by atoms with Gasteiger partial charge in [-0.1, -0.05) is 5.16 Å². The Hall–Kier alpha value is -1.36. The van der Waals surface area contributed by atoms with E-state index >= 15 is 0 Å². The standard InChI is InChI=1S/C10H16N2O3/c1-3-14-10(13)4-5-11-7-9-6-8(2)15-12-9/h6,11H,3-5,7H2,1-2H3. The lowest BCUT2D eigenvalue weighted by Crippen LogP contribution is -2.19. The lowest BCUT2D eigenvalue weighted by molar-refractivity contribution is -0.142. The molecule has 0 fully saturated rings. The number of nitrogens with one attached hydrogen (secondary N) is 1. The van der Waals surface area contributed by atoms with Crippen molar-refractivity contribution in [2.75, 3.05) is 13.2 Å². The number of nitrogens with zero attached hydrogens (tertiary/aromatic N) is 1. The summed E-state index contributed by atoms with van der Waals surface area (Å²) in [5, 5.41) is 6.90. The molecule has 0 bridgehead atoms. The van der Waals surface area contributed by atoms with Gasteiger partial charge in [0.2, 0.25) is 0 Å². The molecule has 0 unspecified atom stereocenters. The fourth-order valence-electron chi connectivity index (χ4n) is 1.14. The van der Waals surface area contributed by atoms with E-state index in [9.17, 15) is 4.79 Å². The molecule has 0 aromatic carbocycles. The van der Waals surface area contributed by atoms with Gasteiger partial charge in [0.25, 0.3) is 0 Å². The Labute approximate surface area is 88.8 Å². The number of rotatable bonds is 6. The van der Waals surface area contributed by atoms with Gasteiger partial charge in [-0.05, 0) is 13.8 Å². The van der Waals surface area contributed by atoms with Crippen LogP contribution in [0.1, 0.15) is 24.8 Å². The van der Waals surface area contributed by atoms with E-state index in [1.165, 1.54) is 0 Å². The van der Waals surface area contributed by atoms with Crippen LogP contribution in [-0.2, 0) is 16.1 Å². The van der Waals surface area contributed by atoms with E-state index in [1.807, 2.05) is 13.0 Å². The third-order valence-electron chi connectivity index (χ3n) is 1.79. The minimum atomic E-state index is -0.179. The Bertz CT molecular complexity index is 309. The van der Waals surface area contributed by atoms with Crippen LogP contribution in [0.5, 0.6) is 0 Å². The number of ether oxygens (including phenoxy) is 1. The average Bonchev–Trinajstić information content (AvgIpc) is 2.60. The summed E-state index contributed by atoms with van der Waals surface area (Å²) in [5.74, 6) is 0.610. The zero-order valence-electron chi connectivity index (χ0n) is 9.08. The molecule has 0 saturated carbocycles. The first-order valence-corrected chi connectivity index (χ1v) is 5.01. The fourth-order valence-corrected chi connectivity index (χ4v) is 1.14. The summed E-state index contributed by atoms with van der Waals surface area (Å²) in [6, 6.07) is 1.86. The van der Waals surface area contributed by atoms with E-state index < -0.39 is 0 Å². The van der Waals surface area contributed by atoms with Crippen molar-refractivity contribution >= 4 is 5.97 Å². The molecule has 5 heteroatoms. The van der Waals surface area contributed by atoms with Crippen LogP contribution in [0.25, 0.3) is 0 Å². The summed E-state index contributed by atoms with van der Waals surface area (Å²) >= 11 is 0. The van der Waals surface area contributed by atoms with Gasteiger partial charge in [-0.3, -0.25) is 4.79 Å². The van der Waals surface area contributed by atoms with Crippen molar-refractivity contribution < 1.29 is 14.1 Å². The molecule has 5 nitrogen and oxygen atoms in total. The molecular weight excluding hydrogens is 196 g/mol. The number of esters is 1. The maximum absolute atomic E-state index is 11.0. The first-order valence-electron chi connectivity index (χ1n) is 5.01. The Balaban J connectivity index is 2.09. The Morgan fingerprint density at radius 3 is 3.07 bits per heavy atom. The summed E-state index contributed by atoms with van der Waals surface area (Å²) in [4.78, 5) is 11.0. The maximum atomic E-state index is 11.0. The Morgan fingerprint density at radius 1 is 1.67 bits per heavy atom. The molecule has 1 rings (SSSR count). The quantitative estimate of drug-likeness (QED) is 0.563. The van der Waals surface area contributed by atoms with Gasteiger partial charge in [0, 0.05) is 19.2 Å². The fraction of sp³-hybridized carbons (Fsp3) is 0.600. The number of aromatic nitrogens is 1. The molecule has 1 aromatic rings. The van der Waals surface area contributed by atoms with Crippen LogP contribution in [0.15, 0.2) is 10.6 Å². The van der Waals surface area contributed by atoms with E-state index in [2.05, 4.69) is 10.5 Å². The smallest absolute Gasteiger partial charge is 0.307 e. The molecule has 0 atom stereocenters. The summed E-state index contributed by atoms with van der Waals surface area (Å²) < 4.78 is 9.68. The molecule has 0 aliphatic heterocycles. The van der Waals surface area contributed by atoms with Gasteiger partial charge in [0.05, 0.1) is 18.7 Å². The molecule has 0 radical (unpaired) electrons. The predicted molar refractivity (Wildman–Crippen MR) is 54.2 cm³/mol. The van der Waals surface area contributed by atoms with E-state index in [0.717, 1.165) is 11.5 Å². The minimum absolute atomic E-state index is 0.179. The van der Waals surface area contributed by atoms with Gasteiger partial charge in [0.1, 0.15) is 5.76 Å². The normalized spacial score (nSPS) is 10.3. The molecule has 0 spiro atoms. The third-order valence-corrected chi connectivity index (χ3v) is 1.79. The van der Waals surface area contributed by atoms with Crippen molar-refractivity contribution in [1.29, 1.82) is 0 Å². The van der Waals surface area contributed by atoms with Crippen LogP contribution >= 0.6 is 0 Å². The third kappa shape index (κ3) is 4.60. The highest BCUT2D eigenvalue weighted by molar-refractivity contribution is 5.69. The van der Waals surface area contributed by atoms with Gasteiger partial charge >= 0.3 is 5.97 Å². The molecule has 0 amide bonds. The summed E-state index contributed by atoms with van der Waals surface area (Å²) in [7, 11) is 0. The monoisotopic (exact) mass is 212 g/mol. The molecule has 0 aliphatic carbocycles. The molecular formula is C10H16N2O3. The van der Waals surface area contributed by atoms with Crippen LogP contribution in [0.2, 0.25) is 0 Å². The van der Waals surface area contributed by atoms with Gasteiger partial charge in [-0.15, -0.1) is 0 Å². The van der Waals surface area contributed by atoms with Gasteiger partial charge in [0.15, 0.2) is 0 Å². The molecule has 15 heavy (non-hydrogen) atoms. The van der Waals surface area contributed by atoms with E-state index in [0.29, 0.717) is 26.1 Å². The second-order valence-electron chi connectivity index (χ2n) is 3.16. The summed E-state index contributed by atoms with van der Waals surface area (Å²) in [6.07, 6.45) is 0.380. The van der Waals surface area contributed by atoms with Crippen LogP contribution in [0.3, 0.4) is 0 Å². The highest BCUT2D eigenvalue weighted by atomic mass is 16.5. The Morgan fingerprint density at radius 2 is 2.47 bits per heavy atom. The SMILES string of the molecule is CCOC(=O)CCNCc1cc(C)on1. The predicted octanol–water partition coefficient (Wildman–Crippen LogP) is 1.03. The molecule has 84 valence electrons. The topological polar surface area (TPSA) is 64.4 Å². The average molecular weight is 212 g/mol. The lowest BCUT2D eigenvalue weighted by Gasteiger charge is -2.02. The van der Waals surface area contributed by atoms with E-state index in [-0.39, 0.29) is 5.97 Å². The van der Waals surface area contributed by atoms with Crippen molar-refractivity contribution in [3.8, 4) is 0 Å². The van der Waals surface area contributed by atoms with Gasteiger partial charge in [-0.25, -0.2) is 0 Å². The highest BCUT2D eigenvalue weighted by Crippen LogP contribution is 2.00. The van der Waals surface area contributed by atoms with Crippen LogP contribution < -0.4 is 5.32 Å². The molecule has 1 aromatic heterocycles. The summed E-state index contributed by atoms with van der Waals surface area (Å²) in [5.41, 5.74) is 0.844. The number of aryl methyl sites for hydroxylation is 1. The van der Waals surface area contributed by atoms with Crippen molar-refractivity contribution in [3.05, 3.63) is 17.5 Å². The number of carbonyl (C=O) groups excluding carboxylic acids is 1. The van der Waals surface area contributed by atoms with Crippen molar-refractivity contribution in [1.82, 2.24) is 10.5 Å². The second kappa shape index (κ2) is 6.19. The van der Waals surface area contributed by atoms with Crippen molar-refractivity contribution in [2.45, 2.75) is 26.8 Å². The number of hydrogen-bond donors (Lipinski definition) is 1. The second-order valence-corrected chi connectivity index (χ2v) is 3.16. The van der Waals surface area contributed by atoms with Crippen LogP contribution in [0, 0.1) is 6.92 Å². The highest BCUT2D eigenvalue weighted by Gasteiger charge is 2.02. The van der Waals surface area contributed by atoms with E-state index in [4.69, 9.17) is 9.26 Å². The van der Waals surface area contributed by atoms with E-state index in [1.54, 1.807) is 6.92 Å². The number of hydrogen-bond acceptors (Lipinski definition) is 5. The zero-order valence-corrected chi connectivity index (χ0v) is 9.08. The van der Waals surface area contributed by atoms with Crippen LogP contribution in [-0.4, -0.2) is 24.3 Å². The zero-order chi connectivity index (χ0) is 11.1. The van der Waals surface area contributed by atoms with Crippen LogP contribution in [0.4, 0.5) is 0 Å². The molecule has 1 heterocycles. The first-order chi connectivity index (χ1) is 7.22. The molecule has 0 aliphatic rings. The van der Waals surface area contributed by atoms with Crippen molar-refractivity contribution in [2.24, 2.45) is 0 Å². The molecule has 1 N–H and O–H groups in total. The largest absolute Gasteiger partial charge is 0.466 e. The summed E-state index contributed by atoms with van der Waals surface area (Å²) in [6.45, 7) is 5.27. The van der Waals surface area contributed by atoms with Gasteiger partial charge < -0.3 is 14.6 Å².